The van der Waals surface area contributed by atoms with Crippen LogP contribution < -0.4 is 10.6 Å². The van der Waals surface area contributed by atoms with Crippen LogP contribution in [0.2, 0.25) is 0 Å². The van der Waals surface area contributed by atoms with Crippen LogP contribution in [0.25, 0.3) is 0 Å². The number of hydrogen-bond donors (Lipinski definition) is 2. The standard InChI is InChI=1S/C20H26N2O/c1-3-14-21-16-19(23)22-20(2,18-12-8-5-9-13-18)15-17-10-6-4-7-11-17/h4-13,21H,3,14-16H2,1-2H3,(H,22,23). The monoisotopic (exact) mass is 310 g/mol. The first-order chi connectivity index (χ1) is 11.1. The molecule has 1 atom stereocenters. The van der Waals surface area contributed by atoms with Gasteiger partial charge in [0.25, 0.3) is 0 Å². The molecular formula is C20H26N2O. The molecule has 3 heteroatoms. The summed E-state index contributed by atoms with van der Waals surface area (Å²) in [4.78, 5) is 12.3. The lowest BCUT2D eigenvalue weighted by Crippen LogP contribution is -2.48. The molecule has 23 heavy (non-hydrogen) atoms. The van der Waals surface area contributed by atoms with Gasteiger partial charge in [-0.25, -0.2) is 0 Å². The summed E-state index contributed by atoms with van der Waals surface area (Å²) < 4.78 is 0. The Balaban J connectivity index is 2.16. The highest BCUT2D eigenvalue weighted by atomic mass is 16.2. The average molecular weight is 310 g/mol. The van der Waals surface area contributed by atoms with Gasteiger partial charge in [-0.15, -0.1) is 0 Å². The topological polar surface area (TPSA) is 41.1 Å². The molecule has 122 valence electrons. The van der Waals surface area contributed by atoms with E-state index in [4.69, 9.17) is 0 Å². The molecule has 0 fully saturated rings. The molecule has 1 unspecified atom stereocenters. The maximum absolute atomic E-state index is 12.3. The van der Waals surface area contributed by atoms with E-state index in [1.54, 1.807) is 0 Å². The number of carbonyl (C=O) groups excluding carboxylic acids is 1. The van der Waals surface area contributed by atoms with Crippen LogP contribution in [0.3, 0.4) is 0 Å². The molecule has 0 aliphatic carbocycles. The van der Waals surface area contributed by atoms with E-state index < -0.39 is 5.54 Å². The number of benzene rings is 2. The summed E-state index contributed by atoms with van der Waals surface area (Å²) in [6.45, 7) is 5.39. The van der Waals surface area contributed by atoms with E-state index >= 15 is 0 Å². The van der Waals surface area contributed by atoms with Gasteiger partial charge in [-0.2, -0.15) is 0 Å². The summed E-state index contributed by atoms with van der Waals surface area (Å²) in [5, 5.41) is 6.38. The molecule has 0 heterocycles. The molecule has 0 spiro atoms. The van der Waals surface area contributed by atoms with Crippen molar-refractivity contribution in [2.45, 2.75) is 32.2 Å². The van der Waals surface area contributed by atoms with E-state index in [1.165, 1.54) is 5.56 Å². The summed E-state index contributed by atoms with van der Waals surface area (Å²) in [6.07, 6.45) is 1.78. The molecule has 1 amide bonds. The van der Waals surface area contributed by atoms with Gasteiger partial charge in [0.2, 0.25) is 5.91 Å². The third-order valence-electron chi connectivity index (χ3n) is 3.94. The second kappa shape index (κ2) is 8.49. The summed E-state index contributed by atoms with van der Waals surface area (Å²) in [5.41, 5.74) is 1.90. The van der Waals surface area contributed by atoms with Crippen molar-refractivity contribution >= 4 is 5.91 Å². The van der Waals surface area contributed by atoms with Crippen molar-refractivity contribution in [2.24, 2.45) is 0 Å². The lowest BCUT2D eigenvalue weighted by atomic mass is 9.85. The molecule has 2 aromatic carbocycles. The van der Waals surface area contributed by atoms with Gasteiger partial charge in [-0.1, -0.05) is 67.6 Å². The molecular weight excluding hydrogens is 284 g/mol. The van der Waals surface area contributed by atoms with Crippen LogP contribution in [0.4, 0.5) is 0 Å². The van der Waals surface area contributed by atoms with Gasteiger partial charge in [0.1, 0.15) is 0 Å². The number of nitrogens with one attached hydrogen (secondary N) is 2. The van der Waals surface area contributed by atoms with Gasteiger partial charge in [0.05, 0.1) is 12.1 Å². The van der Waals surface area contributed by atoms with Gasteiger partial charge in [-0.3, -0.25) is 4.79 Å². The molecule has 0 aliphatic heterocycles. The van der Waals surface area contributed by atoms with Crippen LogP contribution in [0.15, 0.2) is 60.7 Å². The predicted molar refractivity (Wildman–Crippen MR) is 95.2 cm³/mol. The fourth-order valence-corrected chi connectivity index (χ4v) is 2.76. The van der Waals surface area contributed by atoms with Gasteiger partial charge >= 0.3 is 0 Å². The van der Waals surface area contributed by atoms with Crippen molar-refractivity contribution in [3.8, 4) is 0 Å². The molecule has 0 aromatic heterocycles. The van der Waals surface area contributed by atoms with Crippen molar-refractivity contribution < 1.29 is 4.79 Å². The van der Waals surface area contributed by atoms with Crippen molar-refractivity contribution in [1.29, 1.82) is 0 Å². The number of rotatable bonds is 8. The Morgan fingerprint density at radius 2 is 1.61 bits per heavy atom. The zero-order valence-electron chi connectivity index (χ0n) is 14.0. The zero-order valence-corrected chi connectivity index (χ0v) is 14.0. The SMILES string of the molecule is CCCNCC(=O)NC(C)(Cc1ccccc1)c1ccccc1. The first kappa shape index (κ1) is 17.2. The lowest BCUT2D eigenvalue weighted by molar-refractivity contribution is -0.122. The Morgan fingerprint density at radius 3 is 2.22 bits per heavy atom. The quantitative estimate of drug-likeness (QED) is 0.735. The molecule has 0 bridgehead atoms. The van der Waals surface area contributed by atoms with Crippen LogP contribution in [0.5, 0.6) is 0 Å². The predicted octanol–water partition coefficient (Wildman–Crippen LogP) is 3.26. The van der Waals surface area contributed by atoms with E-state index in [0.29, 0.717) is 6.54 Å². The second-order valence-electron chi connectivity index (χ2n) is 6.09. The molecule has 2 rings (SSSR count). The maximum Gasteiger partial charge on any atom is 0.234 e. The van der Waals surface area contributed by atoms with E-state index in [1.807, 2.05) is 36.4 Å². The lowest BCUT2D eigenvalue weighted by Gasteiger charge is -2.32. The molecule has 0 saturated heterocycles. The normalized spacial score (nSPS) is 13.3. The number of hydrogen-bond acceptors (Lipinski definition) is 2. The molecule has 0 saturated carbocycles. The Labute approximate surface area is 139 Å². The molecule has 0 aliphatic rings. The van der Waals surface area contributed by atoms with Crippen LogP contribution >= 0.6 is 0 Å². The van der Waals surface area contributed by atoms with E-state index in [2.05, 4.69) is 48.7 Å². The van der Waals surface area contributed by atoms with Gasteiger partial charge in [0, 0.05) is 0 Å². The average Bonchev–Trinajstić information content (AvgIpc) is 2.57. The summed E-state index contributed by atoms with van der Waals surface area (Å²) >= 11 is 0. The van der Waals surface area contributed by atoms with Crippen molar-refractivity contribution in [3.63, 3.8) is 0 Å². The molecule has 3 nitrogen and oxygen atoms in total. The fraction of sp³-hybridized carbons (Fsp3) is 0.350. The Kier molecular flexibility index (Phi) is 6.36. The molecule has 2 aromatic rings. The second-order valence-corrected chi connectivity index (χ2v) is 6.09. The highest BCUT2D eigenvalue weighted by Gasteiger charge is 2.28. The smallest absolute Gasteiger partial charge is 0.234 e. The minimum Gasteiger partial charge on any atom is -0.345 e. The summed E-state index contributed by atoms with van der Waals surface area (Å²) in [6, 6.07) is 20.4. The van der Waals surface area contributed by atoms with E-state index in [-0.39, 0.29) is 5.91 Å². The number of carbonyl (C=O) groups is 1. The first-order valence-corrected chi connectivity index (χ1v) is 8.25. The van der Waals surface area contributed by atoms with Gasteiger partial charge in [-0.05, 0) is 37.4 Å². The van der Waals surface area contributed by atoms with E-state index in [9.17, 15) is 4.79 Å². The Morgan fingerprint density at radius 1 is 1.00 bits per heavy atom. The number of amides is 1. The van der Waals surface area contributed by atoms with Crippen molar-refractivity contribution in [1.82, 2.24) is 10.6 Å². The van der Waals surface area contributed by atoms with Crippen LogP contribution in [-0.2, 0) is 16.8 Å². The fourth-order valence-electron chi connectivity index (χ4n) is 2.76. The third-order valence-corrected chi connectivity index (χ3v) is 3.94. The first-order valence-electron chi connectivity index (χ1n) is 8.25. The van der Waals surface area contributed by atoms with Crippen molar-refractivity contribution in [3.05, 3.63) is 71.8 Å². The highest BCUT2D eigenvalue weighted by Crippen LogP contribution is 2.25. The molecule has 0 radical (unpaired) electrons. The minimum absolute atomic E-state index is 0.0285. The zero-order chi connectivity index (χ0) is 16.5. The Hall–Kier alpha value is -2.13. The van der Waals surface area contributed by atoms with Crippen LogP contribution in [-0.4, -0.2) is 19.0 Å². The van der Waals surface area contributed by atoms with Crippen molar-refractivity contribution in [2.75, 3.05) is 13.1 Å². The van der Waals surface area contributed by atoms with Crippen LogP contribution in [0, 0.1) is 0 Å². The third kappa shape index (κ3) is 5.22. The Bertz CT molecular complexity index is 598. The highest BCUT2D eigenvalue weighted by molar-refractivity contribution is 5.79. The van der Waals surface area contributed by atoms with Gasteiger partial charge in [0.15, 0.2) is 0 Å². The van der Waals surface area contributed by atoms with E-state index in [0.717, 1.165) is 24.9 Å². The largest absolute Gasteiger partial charge is 0.345 e. The summed E-state index contributed by atoms with van der Waals surface area (Å²) in [7, 11) is 0. The summed E-state index contributed by atoms with van der Waals surface area (Å²) in [5.74, 6) is 0.0285. The maximum atomic E-state index is 12.3. The van der Waals surface area contributed by atoms with Gasteiger partial charge < -0.3 is 10.6 Å². The van der Waals surface area contributed by atoms with Crippen LogP contribution in [0.1, 0.15) is 31.4 Å². The minimum atomic E-state index is -0.423. The molecule has 2 N–H and O–H groups in total.